The van der Waals surface area contributed by atoms with Gasteiger partial charge in [-0.25, -0.2) is 0 Å². The third kappa shape index (κ3) is 4.21. The normalized spacial score (nSPS) is 12.7. The third-order valence-corrected chi connectivity index (χ3v) is 3.07. The summed E-state index contributed by atoms with van der Waals surface area (Å²) in [5.41, 5.74) is 0. The first kappa shape index (κ1) is 13.0. The highest BCUT2D eigenvalue weighted by Gasteiger charge is 2.09. The van der Waals surface area contributed by atoms with Crippen molar-refractivity contribution < 1.29 is 0 Å². The van der Waals surface area contributed by atoms with E-state index in [-0.39, 0.29) is 6.04 Å². The standard InChI is InChI=1S/C10H17N5S/c1-8(2)13-9(6-11)4-5-16-10-14-12-7-15(10)3/h7-9,13H,4-5H2,1-3H3. The molecule has 1 rings (SSSR count). The van der Waals surface area contributed by atoms with Crippen LogP contribution in [0.4, 0.5) is 0 Å². The maximum Gasteiger partial charge on any atom is 0.190 e. The Labute approximate surface area is 100 Å². The molecule has 88 valence electrons. The molecule has 0 aliphatic heterocycles. The number of hydrogen-bond acceptors (Lipinski definition) is 5. The first-order valence-corrected chi connectivity index (χ1v) is 6.24. The van der Waals surface area contributed by atoms with Crippen LogP contribution in [0, 0.1) is 11.3 Å². The zero-order valence-electron chi connectivity index (χ0n) is 9.84. The molecule has 1 N–H and O–H groups in total. The summed E-state index contributed by atoms with van der Waals surface area (Å²) in [6, 6.07) is 2.52. The number of thioether (sulfide) groups is 1. The van der Waals surface area contributed by atoms with Crippen molar-refractivity contribution in [1.82, 2.24) is 20.1 Å². The fourth-order valence-corrected chi connectivity index (χ4v) is 2.15. The van der Waals surface area contributed by atoms with Gasteiger partial charge in [0.2, 0.25) is 0 Å². The molecule has 0 aliphatic rings. The van der Waals surface area contributed by atoms with Gasteiger partial charge < -0.3 is 4.57 Å². The highest BCUT2D eigenvalue weighted by molar-refractivity contribution is 7.99. The summed E-state index contributed by atoms with van der Waals surface area (Å²) in [7, 11) is 1.91. The Kier molecular flexibility index (Phi) is 5.29. The Morgan fingerprint density at radius 3 is 2.88 bits per heavy atom. The minimum absolute atomic E-state index is 0.0827. The van der Waals surface area contributed by atoms with E-state index in [4.69, 9.17) is 5.26 Å². The molecule has 16 heavy (non-hydrogen) atoms. The first-order valence-electron chi connectivity index (χ1n) is 5.26. The van der Waals surface area contributed by atoms with E-state index in [1.807, 2.05) is 25.5 Å². The summed E-state index contributed by atoms with van der Waals surface area (Å²) >= 11 is 1.62. The second-order valence-corrected chi connectivity index (χ2v) is 4.93. The minimum Gasteiger partial charge on any atom is -0.312 e. The number of rotatable bonds is 6. The highest BCUT2D eigenvalue weighted by atomic mass is 32.2. The molecule has 0 amide bonds. The molecule has 0 bridgehead atoms. The van der Waals surface area contributed by atoms with E-state index >= 15 is 0 Å². The zero-order valence-corrected chi connectivity index (χ0v) is 10.7. The molecule has 1 aromatic heterocycles. The number of nitrogens with one attached hydrogen (secondary N) is 1. The Morgan fingerprint density at radius 2 is 2.38 bits per heavy atom. The van der Waals surface area contributed by atoms with Crippen LogP contribution < -0.4 is 5.32 Å². The van der Waals surface area contributed by atoms with E-state index < -0.39 is 0 Å². The van der Waals surface area contributed by atoms with Crippen molar-refractivity contribution in [2.45, 2.75) is 37.5 Å². The van der Waals surface area contributed by atoms with Gasteiger partial charge in [-0.1, -0.05) is 11.8 Å². The number of aromatic nitrogens is 3. The van der Waals surface area contributed by atoms with Gasteiger partial charge in [-0.2, -0.15) is 5.26 Å². The van der Waals surface area contributed by atoms with Gasteiger partial charge in [0.15, 0.2) is 5.16 Å². The quantitative estimate of drug-likeness (QED) is 0.755. The van der Waals surface area contributed by atoms with Crippen molar-refractivity contribution in [3.05, 3.63) is 6.33 Å². The molecule has 1 atom stereocenters. The number of nitrogens with zero attached hydrogens (tertiary/aromatic N) is 4. The summed E-state index contributed by atoms with van der Waals surface area (Å²) in [6.45, 7) is 4.08. The predicted molar refractivity (Wildman–Crippen MR) is 64.0 cm³/mol. The fraction of sp³-hybridized carbons (Fsp3) is 0.700. The first-order chi connectivity index (χ1) is 7.63. The van der Waals surface area contributed by atoms with Crippen LogP contribution in [0.3, 0.4) is 0 Å². The molecule has 0 aliphatic carbocycles. The van der Waals surface area contributed by atoms with Gasteiger partial charge in [-0.15, -0.1) is 10.2 Å². The van der Waals surface area contributed by atoms with E-state index in [1.165, 1.54) is 0 Å². The number of hydrogen-bond donors (Lipinski definition) is 1. The monoisotopic (exact) mass is 239 g/mol. The van der Waals surface area contributed by atoms with E-state index in [0.29, 0.717) is 6.04 Å². The highest BCUT2D eigenvalue weighted by Crippen LogP contribution is 2.15. The Bertz CT molecular complexity index is 354. The molecule has 1 aromatic rings. The molecular weight excluding hydrogens is 222 g/mol. The fourth-order valence-electron chi connectivity index (χ4n) is 1.26. The second-order valence-electron chi connectivity index (χ2n) is 3.86. The third-order valence-electron chi connectivity index (χ3n) is 2.00. The summed E-state index contributed by atoms with van der Waals surface area (Å²) in [5, 5.41) is 20.8. The summed E-state index contributed by atoms with van der Waals surface area (Å²) in [4.78, 5) is 0. The van der Waals surface area contributed by atoms with E-state index in [9.17, 15) is 0 Å². The molecule has 0 aromatic carbocycles. The van der Waals surface area contributed by atoms with Crippen molar-refractivity contribution in [2.75, 3.05) is 5.75 Å². The van der Waals surface area contributed by atoms with Gasteiger partial charge in [0, 0.05) is 18.8 Å². The van der Waals surface area contributed by atoms with E-state index in [0.717, 1.165) is 17.3 Å². The lowest BCUT2D eigenvalue weighted by Gasteiger charge is -2.13. The van der Waals surface area contributed by atoms with Crippen LogP contribution in [0.15, 0.2) is 11.5 Å². The number of nitriles is 1. The average molecular weight is 239 g/mol. The number of aryl methyl sites for hydroxylation is 1. The molecule has 0 saturated carbocycles. The van der Waals surface area contributed by atoms with Crippen molar-refractivity contribution in [3.63, 3.8) is 0 Å². The maximum absolute atomic E-state index is 8.93. The van der Waals surface area contributed by atoms with Gasteiger partial charge in [0.1, 0.15) is 6.33 Å². The van der Waals surface area contributed by atoms with Crippen LogP contribution in [0.5, 0.6) is 0 Å². The Morgan fingerprint density at radius 1 is 1.62 bits per heavy atom. The lowest BCUT2D eigenvalue weighted by molar-refractivity contribution is 0.522. The molecule has 6 heteroatoms. The molecular formula is C10H17N5S. The Hall–Kier alpha value is -1.06. The minimum atomic E-state index is -0.0827. The lowest BCUT2D eigenvalue weighted by atomic mass is 10.2. The molecule has 0 fully saturated rings. The van der Waals surface area contributed by atoms with E-state index in [1.54, 1.807) is 18.1 Å². The maximum atomic E-state index is 8.93. The van der Waals surface area contributed by atoms with Gasteiger partial charge >= 0.3 is 0 Å². The van der Waals surface area contributed by atoms with Crippen LogP contribution in [0.25, 0.3) is 0 Å². The smallest absolute Gasteiger partial charge is 0.190 e. The SMILES string of the molecule is CC(C)NC(C#N)CCSc1nncn1C. The van der Waals surface area contributed by atoms with Gasteiger partial charge in [-0.3, -0.25) is 5.32 Å². The molecule has 0 spiro atoms. The van der Waals surface area contributed by atoms with Crippen LogP contribution in [0.1, 0.15) is 20.3 Å². The second kappa shape index (κ2) is 6.51. The van der Waals surface area contributed by atoms with Crippen LogP contribution in [0.2, 0.25) is 0 Å². The molecule has 0 saturated heterocycles. The molecule has 1 unspecified atom stereocenters. The summed E-state index contributed by atoms with van der Waals surface area (Å²) in [6.07, 6.45) is 2.49. The zero-order chi connectivity index (χ0) is 12.0. The molecule has 5 nitrogen and oxygen atoms in total. The van der Waals surface area contributed by atoms with Crippen LogP contribution >= 0.6 is 11.8 Å². The summed E-state index contributed by atoms with van der Waals surface area (Å²) in [5.74, 6) is 0.866. The van der Waals surface area contributed by atoms with Crippen molar-refractivity contribution >= 4 is 11.8 Å². The van der Waals surface area contributed by atoms with Gasteiger partial charge in [0.25, 0.3) is 0 Å². The Balaban J connectivity index is 2.29. The van der Waals surface area contributed by atoms with Gasteiger partial charge in [-0.05, 0) is 20.3 Å². The summed E-state index contributed by atoms with van der Waals surface area (Å²) < 4.78 is 1.88. The largest absolute Gasteiger partial charge is 0.312 e. The van der Waals surface area contributed by atoms with Crippen molar-refractivity contribution in [1.29, 1.82) is 5.26 Å². The van der Waals surface area contributed by atoms with Gasteiger partial charge in [0.05, 0.1) is 12.1 Å². The van der Waals surface area contributed by atoms with Crippen LogP contribution in [-0.4, -0.2) is 32.6 Å². The molecule has 1 heterocycles. The lowest BCUT2D eigenvalue weighted by Crippen LogP contribution is -2.33. The van der Waals surface area contributed by atoms with Crippen LogP contribution in [-0.2, 0) is 7.05 Å². The predicted octanol–water partition coefficient (Wildman–Crippen LogP) is 1.19. The molecule has 0 radical (unpaired) electrons. The average Bonchev–Trinajstić information content (AvgIpc) is 2.62. The van der Waals surface area contributed by atoms with Crippen molar-refractivity contribution in [3.8, 4) is 6.07 Å². The van der Waals surface area contributed by atoms with Crippen molar-refractivity contribution in [2.24, 2.45) is 7.05 Å². The topological polar surface area (TPSA) is 66.5 Å². The van der Waals surface area contributed by atoms with E-state index in [2.05, 4.69) is 21.6 Å².